The Balaban J connectivity index is 1.55. The quantitative estimate of drug-likeness (QED) is 0.300. The Kier molecular flexibility index (Phi) is 10.5. The molecule has 174 valence electrons. The van der Waals surface area contributed by atoms with Crippen molar-refractivity contribution in [3.8, 4) is 0 Å². The lowest BCUT2D eigenvalue weighted by Gasteiger charge is -2.09. The van der Waals surface area contributed by atoms with E-state index in [9.17, 15) is 24.0 Å². The maximum absolute atomic E-state index is 11.9. The number of hydrogen-bond donors (Lipinski definition) is 3. The number of carbonyl (C=O) groups excluding carboxylic acids is 5. The van der Waals surface area contributed by atoms with Crippen LogP contribution >= 0.6 is 15.9 Å². The number of amides is 3. The Morgan fingerprint density at radius 3 is 2.00 bits per heavy atom. The van der Waals surface area contributed by atoms with E-state index in [-0.39, 0.29) is 18.9 Å². The van der Waals surface area contributed by atoms with Crippen LogP contribution in [-0.4, -0.2) is 55.9 Å². The molecule has 0 aliphatic carbocycles. The van der Waals surface area contributed by atoms with Crippen LogP contribution in [0.1, 0.15) is 15.9 Å². The van der Waals surface area contributed by atoms with Crippen molar-refractivity contribution in [1.82, 2.24) is 16.0 Å². The van der Waals surface area contributed by atoms with E-state index in [1.165, 1.54) is 0 Å². The minimum atomic E-state index is -0.803. The van der Waals surface area contributed by atoms with Crippen LogP contribution in [0.3, 0.4) is 0 Å². The molecule has 0 heterocycles. The van der Waals surface area contributed by atoms with Crippen LogP contribution in [0.5, 0.6) is 0 Å². The van der Waals surface area contributed by atoms with Gasteiger partial charge in [0, 0.05) is 10.0 Å². The lowest BCUT2D eigenvalue weighted by Crippen LogP contribution is -2.43. The summed E-state index contributed by atoms with van der Waals surface area (Å²) >= 11 is 3.25. The van der Waals surface area contributed by atoms with Gasteiger partial charge in [-0.2, -0.15) is 0 Å². The van der Waals surface area contributed by atoms with E-state index < -0.39 is 43.6 Å². The summed E-state index contributed by atoms with van der Waals surface area (Å²) in [4.78, 5) is 58.6. The van der Waals surface area contributed by atoms with Gasteiger partial charge in [0.05, 0.1) is 6.54 Å². The molecule has 3 N–H and O–H groups in total. The predicted molar refractivity (Wildman–Crippen MR) is 120 cm³/mol. The highest BCUT2D eigenvalue weighted by atomic mass is 79.9. The van der Waals surface area contributed by atoms with Crippen LogP contribution in [-0.2, 0) is 30.5 Å². The molecule has 2 aromatic rings. The first-order valence-corrected chi connectivity index (χ1v) is 10.5. The molecule has 2 rings (SSSR count). The van der Waals surface area contributed by atoms with E-state index in [2.05, 4.69) is 31.9 Å². The van der Waals surface area contributed by atoms with Crippen molar-refractivity contribution >= 4 is 45.6 Å². The highest BCUT2D eigenvalue weighted by Gasteiger charge is 2.12. The van der Waals surface area contributed by atoms with Gasteiger partial charge in [0.15, 0.2) is 12.4 Å². The molecule has 3 amide bonds. The summed E-state index contributed by atoms with van der Waals surface area (Å²) in [6.45, 7) is -1.67. The average Bonchev–Trinajstić information content (AvgIpc) is 2.83. The number of ether oxygens (including phenoxy) is 2. The van der Waals surface area contributed by atoms with Gasteiger partial charge in [0.25, 0.3) is 0 Å². The normalized spacial score (nSPS) is 9.97. The number of carbonyl (C=O) groups is 5. The van der Waals surface area contributed by atoms with Gasteiger partial charge >= 0.3 is 12.1 Å². The summed E-state index contributed by atoms with van der Waals surface area (Å²) in [5, 5.41) is 6.79. The molecule has 0 aromatic heterocycles. The van der Waals surface area contributed by atoms with Crippen molar-refractivity contribution in [3.63, 3.8) is 0 Å². The first-order valence-electron chi connectivity index (χ1n) is 9.76. The third-order valence-electron chi connectivity index (χ3n) is 4.01. The first kappa shape index (κ1) is 25.5. The van der Waals surface area contributed by atoms with E-state index in [0.29, 0.717) is 5.56 Å². The predicted octanol–water partition coefficient (Wildman–Crippen LogP) is 1.33. The van der Waals surface area contributed by atoms with E-state index in [1.54, 1.807) is 48.5 Å². The Bertz CT molecular complexity index is 981. The molecule has 2 aromatic carbocycles. The average molecular weight is 520 g/mol. The van der Waals surface area contributed by atoms with Crippen LogP contribution in [0.15, 0.2) is 59.1 Å². The maximum atomic E-state index is 11.9. The van der Waals surface area contributed by atoms with Gasteiger partial charge in [-0.1, -0.05) is 58.4 Å². The molecule has 0 unspecified atom stereocenters. The second kappa shape index (κ2) is 13.6. The van der Waals surface area contributed by atoms with E-state index in [0.717, 1.165) is 10.0 Å². The van der Waals surface area contributed by atoms with Gasteiger partial charge in [-0.15, -0.1) is 0 Å². The van der Waals surface area contributed by atoms with Gasteiger partial charge < -0.3 is 25.4 Å². The molecule has 33 heavy (non-hydrogen) atoms. The van der Waals surface area contributed by atoms with Crippen molar-refractivity contribution in [2.45, 2.75) is 6.61 Å². The summed E-state index contributed by atoms with van der Waals surface area (Å²) in [5.74, 6) is -2.46. The molecule has 0 atom stereocenters. The molecular weight excluding hydrogens is 498 g/mol. The summed E-state index contributed by atoms with van der Waals surface area (Å²) in [6.07, 6.45) is -0.779. The zero-order chi connectivity index (χ0) is 24.1. The minimum Gasteiger partial charge on any atom is -0.456 e. The second-order valence-corrected chi connectivity index (χ2v) is 7.48. The largest absolute Gasteiger partial charge is 0.456 e. The van der Waals surface area contributed by atoms with Crippen molar-refractivity contribution in [3.05, 3.63) is 70.2 Å². The second-order valence-electron chi connectivity index (χ2n) is 6.56. The Morgan fingerprint density at radius 2 is 1.33 bits per heavy atom. The lowest BCUT2D eigenvalue weighted by molar-refractivity contribution is -0.142. The number of Topliss-reactive ketones (excluding diaryl/α,β-unsaturated/α-hetero) is 1. The van der Waals surface area contributed by atoms with E-state index in [1.807, 2.05) is 6.07 Å². The Morgan fingerprint density at radius 1 is 0.727 bits per heavy atom. The topological polar surface area (TPSA) is 140 Å². The van der Waals surface area contributed by atoms with Crippen LogP contribution in [0.2, 0.25) is 0 Å². The summed E-state index contributed by atoms with van der Waals surface area (Å²) in [6, 6.07) is 15.6. The molecule has 0 fully saturated rings. The molecule has 11 heteroatoms. The number of ketones is 1. The first-order chi connectivity index (χ1) is 15.8. The number of hydrogen-bond acceptors (Lipinski definition) is 7. The monoisotopic (exact) mass is 519 g/mol. The van der Waals surface area contributed by atoms with Gasteiger partial charge in [-0.05, 0) is 17.7 Å². The molecule has 0 saturated carbocycles. The fourth-order valence-corrected chi connectivity index (χ4v) is 2.58. The standard InChI is InChI=1S/C22H22BrN3O7/c23-17-8-6-16(7-9-17)18(27)14-32-21(30)12-25-19(28)10-24-20(29)11-26-22(31)33-13-15-4-2-1-3-5-15/h1-9H,10-14H2,(H,24,29)(H,25,28)(H,26,31). The smallest absolute Gasteiger partial charge is 0.407 e. The van der Waals surface area contributed by atoms with Crippen molar-refractivity contribution in [2.24, 2.45) is 0 Å². The highest BCUT2D eigenvalue weighted by molar-refractivity contribution is 9.10. The van der Waals surface area contributed by atoms with Crippen LogP contribution in [0.4, 0.5) is 4.79 Å². The molecular formula is C22H22BrN3O7. The van der Waals surface area contributed by atoms with Crippen molar-refractivity contribution in [2.75, 3.05) is 26.2 Å². The molecule has 0 aliphatic heterocycles. The van der Waals surface area contributed by atoms with Crippen LogP contribution in [0.25, 0.3) is 0 Å². The van der Waals surface area contributed by atoms with Crippen LogP contribution in [0, 0.1) is 0 Å². The highest BCUT2D eigenvalue weighted by Crippen LogP contribution is 2.11. The number of halogens is 1. The molecule has 0 bridgehead atoms. The Hall–Kier alpha value is -3.73. The van der Waals surface area contributed by atoms with Crippen molar-refractivity contribution in [1.29, 1.82) is 0 Å². The third-order valence-corrected chi connectivity index (χ3v) is 4.54. The van der Waals surface area contributed by atoms with E-state index in [4.69, 9.17) is 9.47 Å². The fourth-order valence-electron chi connectivity index (χ4n) is 2.32. The zero-order valence-electron chi connectivity index (χ0n) is 17.5. The lowest BCUT2D eigenvalue weighted by atomic mass is 10.1. The molecule has 0 aliphatic rings. The molecule has 0 radical (unpaired) electrons. The molecule has 10 nitrogen and oxygen atoms in total. The van der Waals surface area contributed by atoms with E-state index >= 15 is 0 Å². The fraction of sp³-hybridized carbons (Fsp3) is 0.227. The van der Waals surface area contributed by atoms with Crippen LogP contribution < -0.4 is 16.0 Å². The third kappa shape index (κ3) is 10.4. The number of alkyl carbamates (subject to hydrolysis) is 1. The SMILES string of the molecule is O=C(CNC(=O)CNC(=O)OCc1ccccc1)NCC(=O)OCC(=O)c1ccc(Br)cc1. The number of nitrogens with one attached hydrogen (secondary N) is 3. The molecule has 0 spiro atoms. The summed E-state index contributed by atoms with van der Waals surface area (Å²) < 4.78 is 10.6. The number of rotatable bonds is 11. The van der Waals surface area contributed by atoms with Gasteiger partial charge in [0.1, 0.15) is 19.7 Å². The summed E-state index contributed by atoms with van der Waals surface area (Å²) in [7, 11) is 0. The number of benzene rings is 2. The number of esters is 1. The maximum Gasteiger partial charge on any atom is 0.407 e. The van der Waals surface area contributed by atoms with Gasteiger partial charge in [-0.3, -0.25) is 19.2 Å². The summed E-state index contributed by atoms with van der Waals surface area (Å²) in [5.41, 5.74) is 1.18. The minimum absolute atomic E-state index is 0.0571. The van der Waals surface area contributed by atoms with Crippen molar-refractivity contribution < 1.29 is 33.4 Å². The zero-order valence-corrected chi connectivity index (χ0v) is 19.1. The Labute approximate surface area is 198 Å². The molecule has 0 saturated heterocycles. The van der Waals surface area contributed by atoms with Gasteiger partial charge in [0.2, 0.25) is 11.8 Å². The van der Waals surface area contributed by atoms with Gasteiger partial charge in [-0.25, -0.2) is 4.79 Å².